The number of aryl methyl sites for hydroxylation is 1. The third-order valence-electron chi connectivity index (χ3n) is 5.08. The van der Waals surface area contributed by atoms with E-state index in [0.717, 1.165) is 29.8 Å². The van der Waals surface area contributed by atoms with Crippen molar-refractivity contribution < 1.29 is 18.7 Å². The molecule has 1 saturated heterocycles. The van der Waals surface area contributed by atoms with Gasteiger partial charge >= 0.3 is 6.09 Å². The number of carbonyl (C=O) groups is 1. The third kappa shape index (κ3) is 6.45. The summed E-state index contributed by atoms with van der Waals surface area (Å²) in [6.07, 6.45) is 0.510. The van der Waals surface area contributed by atoms with Crippen LogP contribution < -0.4 is 10.1 Å². The van der Waals surface area contributed by atoms with Crippen molar-refractivity contribution in [3.8, 4) is 17.2 Å². The van der Waals surface area contributed by atoms with Crippen LogP contribution in [-0.4, -0.2) is 53.5 Å². The molecule has 0 spiro atoms. The summed E-state index contributed by atoms with van der Waals surface area (Å²) in [5, 5.41) is 11.3. The molecule has 8 nitrogen and oxygen atoms in total. The summed E-state index contributed by atoms with van der Waals surface area (Å²) in [6, 6.07) is 17.4. The lowest BCUT2D eigenvalue weighted by Gasteiger charge is -2.33. The maximum Gasteiger partial charge on any atom is 0.410 e. The van der Waals surface area contributed by atoms with Crippen LogP contribution in [0.3, 0.4) is 0 Å². The van der Waals surface area contributed by atoms with E-state index >= 15 is 0 Å². The molecule has 2 heterocycles. The summed E-state index contributed by atoms with van der Waals surface area (Å²) in [5.41, 5.74) is 1.84. The van der Waals surface area contributed by atoms with Gasteiger partial charge in [0, 0.05) is 38.2 Å². The number of amides is 1. The largest absolute Gasteiger partial charge is 0.494 e. The number of ether oxygens (including phenoxy) is 2. The zero-order valence-corrected chi connectivity index (χ0v) is 18.7. The Morgan fingerprint density at radius 2 is 1.94 bits per heavy atom. The first-order chi connectivity index (χ1) is 15.2. The van der Waals surface area contributed by atoms with Crippen LogP contribution in [0, 0.1) is 6.92 Å². The van der Waals surface area contributed by atoms with Crippen LogP contribution in [0.15, 0.2) is 59.0 Å². The average Bonchev–Trinajstić information content (AvgIpc) is 3.25. The molecule has 0 aliphatic carbocycles. The fourth-order valence-corrected chi connectivity index (χ4v) is 3.42. The number of nitrogens with zero attached hydrogens (tertiary/aromatic N) is 3. The summed E-state index contributed by atoms with van der Waals surface area (Å²) < 4.78 is 16.7. The van der Waals surface area contributed by atoms with Crippen LogP contribution in [0.1, 0.15) is 17.9 Å². The second-order valence-corrected chi connectivity index (χ2v) is 7.42. The first-order valence-corrected chi connectivity index (χ1v) is 10.4. The molecule has 1 aliphatic heterocycles. The fourth-order valence-electron chi connectivity index (χ4n) is 3.42. The second kappa shape index (κ2) is 11.5. The normalized spacial score (nSPS) is 15.7. The molecule has 2 aromatic carbocycles. The Morgan fingerprint density at radius 3 is 2.66 bits per heavy atom. The number of halogens is 1. The number of piperazine rings is 1. The van der Waals surface area contributed by atoms with E-state index in [2.05, 4.69) is 15.5 Å². The summed E-state index contributed by atoms with van der Waals surface area (Å²) in [4.78, 5) is 14.1. The second-order valence-electron chi connectivity index (χ2n) is 7.42. The van der Waals surface area contributed by atoms with Gasteiger partial charge in [-0.2, -0.15) is 0 Å². The highest BCUT2D eigenvalue weighted by atomic mass is 35.5. The van der Waals surface area contributed by atoms with Gasteiger partial charge in [0.2, 0.25) is 11.8 Å². The van der Waals surface area contributed by atoms with Gasteiger partial charge in [0.15, 0.2) is 0 Å². The fraction of sp³-hybridized carbons (Fsp3) is 0.348. The number of nitrogens with one attached hydrogen (secondary N) is 1. The van der Waals surface area contributed by atoms with Crippen molar-refractivity contribution in [1.29, 1.82) is 0 Å². The van der Waals surface area contributed by atoms with Gasteiger partial charge in [0.05, 0.1) is 6.61 Å². The van der Waals surface area contributed by atoms with Crippen LogP contribution in [0.4, 0.5) is 4.79 Å². The van der Waals surface area contributed by atoms with Crippen molar-refractivity contribution in [2.45, 2.75) is 26.0 Å². The van der Waals surface area contributed by atoms with Crippen LogP contribution in [0.5, 0.6) is 5.75 Å². The highest BCUT2D eigenvalue weighted by molar-refractivity contribution is 5.85. The molecule has 0 unspecified atom stereocenters. The molecule has 3 aromatic rings. The van der Waals surface area contributed by atoms with E-state index < -0.39 is 0 Å². The number of benzene rings is 2. The van der Waals surface area contributed by atoms with E-state index in [0.29, 0.717) is 31.5 Å². The van der Waals surface area contributed by atoms with Crippen LogP contribution in [-0.2, 0) is 11.3 Å². The van der Waals surface area contributed by atoms with Gasteiger partial charge in [-0.1, -0.05) is 30.3 Å². The molecular weight excluding hydrogens is 432 g/mol. The quantitative estimate of drug-likeness (QED) is 0.575. The van der Waals surface area contributed by atoms with Gasteiger partial charge in [-0.3, -0.25) is 0 Å². The van der Waals surface area contributed by atoms with E-state index in [-0.39, 0.29) is 31.1 Å². The molecule has 170 valence electrons. The lowest BCUT2D eigenvalue weighted by atomic mass is 10.1. The molecule has 1 N–H and O–H groups in total. The summed E-state index contributed by atoms with van der Waals surface area (Å²) in [5.74, 6) is 1.80. The summed E-state index contributed by atoms with van der Waals surface area (Å²) in [7, 11) is 0. The molecule has 4 rings (SSSR count). The van der Waals surface area contributed by atoms with E-state index in [1.807, 2.05) is 54.6 Å². The third-order valence-corrected chi connectivity index (χ3v) is 5.08. The maximum atomic E-state index is 12.4. The van der Waals surface area contributed by atoms with Gasteiger partial charge in [-0.15, -0.1) is 22.6 Å². The standard InChI is InChI=1S/C23H26N4O4.ClH/c1-17-25-26-22(31-17)19-7-9-21(10-8-19)29-14-11-20-15-27(13-12-24-20)23(28)30-16-18-5-3-2-4-6-18;/h2-10,20,24H,11-16H2,1H3;1H/t20-;/m1./s1. The minimum Gasteiger partial charge on any atom is -0.494 e. The predicted octanol–water partition coefficient (Wildman–Crippen LogP) is 3.85. The van der Waals surface area contributed by atoms with Crippen LogP contribution in [0.2, 0.25) is 0 Å². The highest BCUT2D eigenvalue weighted by Gasteiger charge is 2.24. The molecule has 1 amide bonds. The van der Waals surface area contributed by atoms with E-state index in [9.17, 15) is 4.79 Å². The molecular formula is C23H27ClN4O4. The number of carbonyl (C=O) groups excluding carboxylic acids is 1. The van der Waals surface area contributed by atoms with Gasteiger partial charge in [-0.05, 0) is 36.2 Å². The molecule has 0 radical (unpaired) electrons. The van der Waals surface area contributed by atoms with Crippen LogP contribution >= 0.6 is 12.4 Å². The van der Waals surface area contributed by atoms with Gasteiger partial charge in [-0.25, -0.2) is 4.79 Å². The van der Waals surface area contributed by atoms with Crippen LogP contribution in [0.25, 0.3) is 11.5 Å². The molecule has 0 bridgehead atoms. The smallest absolute Gasteiger partial charge is 0.410 e. The first kappa shape index (κ1) is 23.6. The summed E-state index contributed by atoms with van der Waals surface area (Å²) >= 11 is 0. The highest BCUT2D eigenvalue weighted by Crippen LogP contribution is 2.21. The van der Waals surface area contributed by atoms with Crippen molar-refractivity contribution in [1.82, 2.24) is 20.4 Å². The van der Waals surface area contributed by atoms with Gasteiger partial charge < -0.3 is 24.1 Å². The van der Waals surface area contributed by atoms with Gasteiger partial charge in [0.1, 0.15) is 12.4 Å². The zero-order chi connectivity index (χ0) is 21.5. The maximum absolute atomic E-state index is 12.4. The molecule has 1 atom stereocenters. The number of hydrogen-bond acceptors (Lipinski definition) is 7. The molecule has 9 heteroatoms. The topological polar surface area (TPSA) is 89.7 Å². The Morgan fingerprint density at radius 1 is 1.16 bits per heavy atom. The number of hydrogen-bond donors (Lipinski definition) is 1. The molecule has 1 fully saturated rings. The Hall–Kier alpha value is -3.10. The monoisotopic (exact) mass is 458 g/mol. The Kier molecular flexibility index (Phi) is 8.47. The SMILES string of the molecule is Cc1nnc(-c2ccc(OCC[C@@H]3CN(C(=O)OCc4ccccc4)CCN3)cc2)o1.Cl. The zero-order valence-electron chi connectivity index (χ0n) is 17.9. The Balaban J connectivity index is 0.00000289. The lowest BCUT2D eigenvalue weighted by Crippen LogP contribution is -2.53. The molecule has 32 heavy (non-hydrogen) atoms. The number of rotatable bonds is 7. The van der Waals surface area contributed by atoms with E-state index in [1.54, 1.807) is 11.8 Å². The lowest BCUT2D eigenvalue weighted by molar-refractivity contribution is 0.0827. The van der Waals surface area contributed by atoms with Crippen molar-refractivity contribution in [3.63, 3.8) is 0 Å². The Labute approximate surface area is 193 Å². The van der Waals surface area contributed by atoms with Crippen molar-refractivity contribution in [2.75, 3.05) is 26.2 Å². The van der Waals surface area contributed by atoms with Crippen molar-refractivity contribution >= 4 is 18.5 Å². The predicted molar refractivity (Wildman–Crippen MR) is 122 cm³/mol. The first-order valence-electron chi connectivity index (χ1n) is 10.4. The molecule has 1 aliphatic rings. The van der Waals surface area contributed by atoms with Crippen molar-refractivity contribution in [3.05, 3.63) is 66.1 Å². The van der Waals surface area contributed by atoms with Crippen molar-refractivity contribution in [2.24, 2.45) is 0 Å². The average molecular weight is 459 g/mol. The molecule has 0 saturated carbocycles. The summed E-state index contributed by atoms with van der Waals surface area (Å²) in [6.45, 7) is 4.58. The van der Waals surface area contributed by atoms with E-state index in [4.69, 9.17) is 13.9 Å². The Bertz CT molecular complexity index is 981. The number of aromatic nitrogens is 2. The molecule has 1 aromatic heterocycles. The minimum absolute atomic E-state index is 0. The van der Waals surface area contributed by atoms with Gasteiger partial charge in [0.25, 0.3) is 0 Å². The minimum atomic E-state index is -0.275. The van der Waals surface area contributed by atoms with E-state index in [1.165, 1.54) is 0 Å².